The van der Waals surface area contributed by atoms with Gasteiger partial charge in [-0.1, -0.05) is 6.92 Å². The summed E-state index contributed by atoms with van der Waals surface area (Å²) >= 11 is 0. The predicted octanol–water partition coefficient (Wildman–Crippen LogP) is 2.32. The third-order valence-electron chi connectivity index (χ3n) is 2.85. The Balaban J connectivity index is 4.44. The van der Waals surface area contributed by atoms with Crippen molar-refractivity contribution in [3.05, 3.63) is 0 Å². The van der Waals surface area contributed by atoms with Gasteiger partial charge < -0.3 is 5.11 Å². The van der Waals surface area contributed by atoms with E-state index in [1.165, 1.54) is 0 Å². The van der Waals surface area contributed by atoms with Crippen molar-refractivity contribution in [1.29, 1.82) is 15.8 Å². The van der Waals surface area contributed by atoms with Crippen LogP contribution in [0, 0.1) is 57.7 Å². The second-order valence-electron chi connectivity index (χ2n) is 4.63. The predicted molar refractivity (Wildman–Crippen MR) is 63.6 cm³/mol. The van der Waals surface area contributed by atoms with Gasteiger partial charge >= 0.3 is 5.97 Å². The van der Waals surface area contributed by atoms with Gasteiger partial charge in [-0.3, -0.25) is 4.79 Å². The van der Waals surface area contributed by atoms with Gasteiger partial charge in [0.2, 0.25) is 0 Å². The van der Waals surface area contributed by atoms with Gasteiger partial charge in [0.05, 0.1) is 24.1 Å². The van der Waals surface area contributed by atoms with Gasteiger partial charge in [0.15, 0.2) is 0 Å². The maximum absolute atomic E-state index is 10.7. The summed E-state index contributed by atoms with van der Waals surface area (Å²) in [7, 11) is 0. The molecule has 0 aromatic heterocycles. The van der Waals surface area contributed by atoms with Crippen LogP contribution in [0.25, 0.3) is 0 Å². The van der Waals surface area contributed by atoms with Gasteiger partial charge in [0, 0.05) is 17.8 Å². The van der Waals surface area contributed by atoms with Crippen molar-refractivity contribution in [2.75, 3.05) is 0 Å². The lowest BCUT2D eigenvalue weighted by Gasteiger charge is -2.16. The molecule has 0 aliphatic rings. The Morgan fingerprint density at radius 2 is 1.50 bits per heavy atom. The molecule has 0 fully saturated rings. The zero-order valence-electron chi connectivity index (χ0n) is 10.6. The molecule has 5 heteroatoms. The molecule has 0 amide bonds. The third kappa shape index (κ3) is 5.87. The van der Waals surface area contributed by atoms with Crippen LogP contribution in [-0.2, 0) is 4.79 Å². The zero-order chi connectivity index (χ0) is 14.1. The Hall–Kier alpha value is -2.06. The first-order valence-electron chi connectivity index (χ1n) is 5.86. The normalized spacial score (nSPS) is 16.4. The number of carbonyl (C=O) groups is 1. The maximum Gasteiger partial charge on any atom is 0.306 e. The van der Waals surface area contributed by atoms with Crippen LogP contribution in [0.4, 0.5) is 0 Å². The fraction of sp³-hybridized carbons (Fsp3) is 0.692. The number of nitriles is 3. The summed E-state index contributed by atoms with van der Waals surface area (Å²) in [5.74, 6) is -2.58. The summed E-state index contributed by atoms with van der Waals surface area (Å²) in [4.78, 5) is 10.7. The molecule has 0 aromatic rings. The summed E-state index contributed by atoms with van der Waals surface area (Å²) in [5.41, 5.74) is 0. The molecule has 0 bridgehead atoms. The highest BCUT2D eigenvalue weighted by molar-refractivity contribution is 5.69. The quantitative estimate of drug-likeness (QED) is 0.742. The largest absolute Gasteiger partial charge is 0.481 e. The fourth-order valence-corrected chi connectivity index (χ4v) is 1.75. The Labute approximate surface area is 107 Å². The number of carboxylic acid groups (broad SMARTS) is 1. The van der Waals surface area contributed by atoms with Crippen molar-refractivity contribution in [3.8, 4) is 18.2 Å². The van der Waals surface area contributed by atoms with Crippen LogP contribution in [0.1, 0.15) is 33.1 Å². The summed E-state index contributed by atoms with van der Waals surface area (Å²) in [6, 6.07) is 6.18. The molecule has 0 radical (unpaired) electrons. The van der Waals surface area contributed by atoms with E-state index in [1.807, 2.05) is 6.07 Å². The Bertz CT molecular complexity index is 400. The number of rotatable bonds is 7. The van der Waals surface area contributed by atoms with Crippen LogP contribution < -0.4 is 0 Å². The van der Waals surface area contributed by atoms with Crippen molar-refractivity contribution in [2.45, 2.75) is 33.1 Å². The standard InChI is InChI=1S/C13H17N3O2/c1-9(6-14)3-11(7-15)5-12(8-16)4-10(2)13(17)18/h9-12H,3-5H2,1-2H3,(H,17,18). The van der Waals surface area contributed by atoms with Crippen LogP contribution in [0.5, 0.6) is 0 Å². The van der Waals surface area contributed by atoms with Gasteiger partial charge in [-0.15, -0.1) is 0 Å². The van der Waals surface area contributed by atoms with E-state index in [0.29, 0.717) is 12.8 Å². The Morgan fingerprint density at radius 1 is 1.00 bits per heavy atom. The van der Waals surface area contributed by atoms with Crippen molar-refractivity contribution in [3.63, 3.8) is 0 Å². The smallest absolute Gasteiger partial charge is 0.306 e. The third-order valence-corrected chi connectivity index (χ3v) is 2.85. The SMILES string of the molecule is CC(C#N)CC(C#N)CC(C#N)CC(C)C(=O)O. The summed E-state index contributed by atoms with van der Waals surface area (Å²) < 4.78 is 0. The molecule has 0 saturated carbocycles. The highest BCUT2D eigenvalue weighted by atomic mass is 16.4. The van der Waals surface area contributed by atoms with Crippen LogP contribution in [0.15, 0.2) is 0 Å². The summed E-state index contributed by atoms with van der Waals surface area (Å²) in [6.07, 6.45) is 0.994. The zero-order valence-corrected chi connectivity index (χ0v) is 10.6. The molecular formula is C13H17N3O2. The minimum atomic E-state index is -0.936. The second kappa shape index (κ2) is 8.09. The Kier molecular flexibility index (Phi) is 7.17. The van der Waals surface area contributed by atoms with Crippen LogP contribution in [0.3, 0.4) is 0 Å². The molecule has 0 aliphatic carbocycles. The lowest BCUT2D eigenvalue weighted by molar-refractivity contribution is -0.141. The molecule has 0 aromatic carbocycles. The number of aliphatic carboxylic acids is 1. The average molecular weight is 247 g/mol. The van der Waals surface area contributed by atoms with Crippen molar-refractivity contribution in [2.24, 2.45) is 23.7 Å². The topological polar surface area (TPSA) is 109 Å². The maximum atomic E-state index is 10.7. The average Bonchev–Trinajstić information content (AvgIpc) is 2.35. The van der Waals surface area contributed by atoms with Gasteiger partial charge in [0.1, 0.15) is 0 Å². The number of carboxylic acids is 1. The van der Waals surface area contributed by atoms with Crippen molar-refractivity contribution < 1.29 is 9.90 Å². The molecule has 0 heterocycles. The van der Waals surface area contributed by atoms with E-state index in [2.05, 4.69) is 12.1 Å². The van der Waals surface area contributed by atoms with Crippen molar-refractivity contribution in [1.82, 2.24) is 0 Å². The van der Waals surface area contributed by atoms with E-state index in [9.17, 15) is 4.79 Å². The van der Waals surface area contributed by atoms with Gasteiger partial charge in [-0.25, -0.2) is 0 Å². The first kappa shape index (κ1) is 15.9. The van der Waals surface area contributed by atoms with E-state index in [0.717, 1.165) is 0 Å². The van der Waals surface area contributed by atoms with E-state index in [1.54, 1.807) is 13.8 Å². The van der Waals surface area contributed by atoms with Gasteiger partial charge in [0.25, 0.3) is 0 Å². The molecule has 4 unspecified atom stereocenters. The van der Waals surface area contributed by atoms with Crippen molar-refractivity contribution >= 4 is 5.97 Å². The van der Waals surface area contributed by atoms with E-state index >= 15 is 0 Å². The number of hydrogen-bond acceptors (Lipinski definition) is 4. The number of hydrogen-bond donors (Lipinski definition) is 1. The summed E-state index contributed by atoms with van der Waals surface area (Å²) in [6.45, 7) is 3.28. The highest BCUT2D eigenvalue weighted by Gasteiger charge is 2.22. The van der Waals surface area contributed by atoms with E-state index in [4.69, 9.17) is 20.9 Å². The molecule has 96 valence electrons. The minimum absolute atomic E-state index is 0.231. The van der Waals surface area contributed by atoms with E-state index < -0.39 is 17.8 Å². The molecule has 0 spiro atoms. The van der Waals surface area contributed by atoms with Crippen LogP contribution in [0.2, 0.25) is 0 Å². The Morgan fingerprint density at radius 3 is 1.89 bits per heavy atom. The molecule has 4 atom stereocenters. The molecular weight excluding hydrogens is 230 g/mol. The molecule has 0 aliphatic heterocycles. The highest BCUT2D eigenvalue weighted by Crippen LogP contribution is 2.24. The number of nitrogens with zero attached hydrogens (tertiary/aromatic N) is 3. The second-order valence-corrected chi connectivity index (χ2v) is 4.63. The molecule has 0 saturated heterocycles. The van der Waals surface area contributed by atoms with Crippen LogP contribution in [-0.4, -0.2) is 11.1 Å². The molecule has 18 heavy (non-hydrogen) atoms. The summed E-state index contributed by atoms with van der Waals surface area (Å²) in [5, 5.41) is 35.4. The van der Waals surface area contributed by atoms with E-state index in [-0.39, 0.29) is 18.3 Å². The lowest BCUT2D eigenvalue weighted by Crippen LogP contribution is -2.16. The van der Waals surface area contributed by atoms with Gasteiger partial charge in [-0.2, -0.15) is 15.8 Å². The monoisotopic (exact) mass is 247 g/mol. The van der Waals surface area contributed by atoms with Gasteiger partial charge in [-0.05, 0) is 26.2 Å². The first-order chi connectivity index (χ1) is 8.44. The molecule has 1 N–H and O–H groups in total. The lowest BCUT2D eigenvalue weighted by atomic mass is 9.85. The minimum Gasteiger partial charge on any atom is -0.481 e. The molecule has 0 rings (SSSR count). The van der Waals surface area contributed by atoms with Crippen LogP contribution >= 0.6 is 0 Å². The fourth-order valence-electron chi connectivity index (χ4n) is 1.75. The first-order valence-corrected chi connectivity index (χ1v) is 5.86. The molecule has 5 nitrogen and oxygen atoms in total.